The summed E-state index contributed by atoms with van der Waals surface area (Å²) in [6.45, 7) is 3.97. The van der Waals surface area contributed by atoms with Crippen LogP contribution in [0.5, 0.6) is 0 Å². The highest BCUT2D eigenvalue weighted by Crippen LogP contribution is 2.15. The molecule has 2 rings (SSSR count). The van der Waals surface area contributed by atoms with Crippen LogP contribution in [0.3, 0.4) is 0 Å². The van der Waals surface area contributed by atoms with Gasteiger partial charge in [-0.05, 0) is 18.6 Å². The summed E-state index contributed by atoms with van der Waals surface area (Å²) in [6, 6.07) is 19.9. The van der Waals surface area contributed by atoms with E-state index in [2.05, 4.69) is 24.0 Å². The van der Waals surface area contributed by atoms with Gasteiger partial charge in [-0.15, -0.1) is 0 Å². The lowest BCUT2D eigenvalue weighted by Crippen LogP contribution is -2.27. The molecule has 0 heterocycles. The minimum atomic E-state index is 0.216. The van der Waals surface area contributed by atoms with Gasteiger partial charge in [-0.3, -0.25) is 4.79 Å². The van der Waals surface area contributed by atoms with Gasteiger partial charge in [0.1, 0.15) is 0 Å². The Kier molecular flexibility index (Phi) is 6.01. The van der Waals surface area contributed by atoms with Crippen LogP contribution in [0.2, 0.25) is 0 Å². The highest BCUT2D eigenvalue weighted by atomic mass is 16.1. The van der Waals surface area contributed by atoms with Crippen molar-refractivity contribution in [1.29, 1.82) is 0 Å². The summed E-state index contributed by atoms with van der Waals surface area (Å²) in [4.78, 5) is 14.5. The number of carbonyl (C=O) groups excluding carboxylic acids is 1. The smallest absolute Gasteiger partial charge is 0.164 e. The fourth-order valence-corrected chi connectivity index (χ4v) is 2.36. The molecular weight excluding hydrogens is 258 g/mol. The number of ketones is 1. The topological polar surface area (TPSA) is 20.3 Å². The lowest BCUT2D eigenvalue weighted by Gasteiger charge is -2.24. The van der Waals surface area contributed by atoms with Crippen LogP contribution in [0.1, 0.15) is 36.5 Å². The van der Waals surface area contributed by atoms with E-state index in [1.54, 1.807) is 0 Å². The minimum absolute atomic E-state index is 0.216. The van der Waals surface area contributed by atoms with Crippen LogP contribution in [-0.2, 0) is 0 Å². The van der Waals surface area contributed by atoms with E-state index in [0.717, 1.165) is 31.5 Å². The van der Waals surface area contributed by atoms with Crippen LogP contribution in [0.4, 0.5) is 5.69 Å². The van der Waals surface area contributed by atoms with Crippen molar-refractivity contribution in [2.75, 3.05) is 18.0 Å². The van der Waals surface area contributed by atoms with Gasteiger partial charge in [-0.25, -0.2) is 0 Å². The third-order valence-electron chi connectivity index (χ3n) is 3.61. The Balaban J connectivity index is 1.97. The average Bonchev–Trinajstić information content (AvgIpc) is 2.56. The molecule has 0 aliphatic rings. The monoisotopic (exact) mass is 281 g/mol. The zero-order chi connectivity index (χ0) is 14.9. The molecule has 0 amide bonds. The average molecular weight is 281 g/mol. The molecule has 0 aliphatic carbocycles. The number of hydrogen-bond acceptors (Lipinski definition) is 2. The molecule has 0 atom stereocenters. The molecule has 2 nitrogen and oxygen atoms in total. The molecule has 0 N–H and O–H groups in total. The maximum Gasteiger partial charge on any atom is 0.164 e. The maximum absolute atomic E-state index is 12.2. The minimum Gasteiger partial charge on any atom is -0.371 e. The molecule has 2 heteroatoms. The van der Waals surface area contributed by atoms with E-state index in [0.29, 0.717) is 6.42 Å². The number of Topliss-reactive ketones (excluding diaryl/α,β-unsaturated/α-hetero) is 1. The molecule has 0 unspecified atom stereocenters. The summed E-state index contributed by atoms with van der Waals surface area (Å²) in [6.07, 6.45) is 2.87. The van der Waals surface area contributed by atoms with E-state index in [9.17, 15) is 4.79 Å². The predicted molar refractivity (Wildman–Crippen MR) is 89.0 cm³/mol. The third kappa shape index (κ3) is 4.75. The summed E-state index contributed by atoms with van der Waals surface area (Å²) in [5.74, 6) is 0.216. The number of anilines is 1. The van der Waals surface area contributed by atoms with E-state index in [1.807, 2.05) is 48.5 Å². The van der Waals surface area contributed by atoms with Gasteiger partial charge < -0.3 is 4.90 Å². The van der Waals surface area contributed by atoms with Crippen LogP contribution >= 0.6 is 0 Å². The van der Waals surface area contributed by atoms with Gasteiger partial charge >= 0.3 is 0 Å². The second-order valence-electron chi connectivity index (χ2n) is 5.22. The van der Waals surface area contributed by atoms with E-state index in [1.165, 1.54) is 5.69 Å². The molecular formula is C19H23NO. The Morgan fingerprint density at radius 1 is 0.905 bits per heavy atom. The first kappa shape index (κ1) is 15.3. The Morgan fingerprint density at radius 2 is 1.52 bits per heavy atom. The molecule has 2 aromatic rings. The van der Waals surface area contributed by atoms with Crippen LogP contribution in [0.15, 0.2) is 60.7 Å². The first-order chi connectivity index (χ1) is 10.3. The van der Waals surface area contributed by atoms with Gasteiger partial charge in [0.25, 0.3) is 0 Å². The summed E-state index contributed by atoms with van der Waals surface area (Å²) in [7, 11) is 0. The number of hydrogen-bond donors (Lipinski definition) is 0. The predicted octanol–water partition coefficient (Wildman–Crippen LogP) is 4.57. The highest BCUT2D eigenvalue weighted by Gasteiger charge is 2.10. The molecule has 0 radical (unpaired) electrons. The Hall–Kier alpha value is -2.09. The first-order valence-corrected chi connectivity index (χ1v) is 7.69. The number of carbonyl (C=O) groups is 1. The van der Waals surface area contributed by atoms with E-state index in [4.69, 9.17) is 0 Å². The van der Waals surface area contributed by atoms with Gasteiger partial charge in [0, 0.05) is 30.8 Å². The van der Waals surface area contributed by atoms with E-state index < -0.39 is 0 Å². The van der Waals surface area contributed by atoms with Gasteiger partial charge in [0.15, 0.2) is 5.78 Å². The zero-order valence-electron chi connectivity index (χ0n) is 12.7. The van der Waals surface area contributed by atoms with Crippen molar-refractivity contribution in [3.63, 3.8) is 0 Å². The number of rotatable bonds is 8. The van der Waals surface area contributed by atoms with Gasteiger partial charge in [0.2, 0.25) is 0 Å². The zero-order valence-corrected chi connectivity index (χ0v) is 12.7. The molecule has 21 heavy (non-hydrogen) atoms. The Labute approximate surface area is 127 Å². The molecule has 0 aliphatic heterocycles. The van der Waals surface area contributed by atoms with E-state index in [-0.39, 0.29) is 5.78 Å². The SMILES string of the molecule is CCCCN(CCC(=O)c1ccccc1)c1ccccc1. The second-order valence-corrected chi connectivity index (χ2v) is 5.22. The number of unbranched alkanes of at least 4 members (excludes halogenated alkanes) is 1. The molecule has 0 saturated carbocycles. The fraction of sp³-hybridized carbons (Fsp3) is 0.316. The normalized spacial score (nSPS) is 10.3. The third-order valence-corrected chi connectivity index (χ3v) is 3.61. The van der Waals surface area contributed by atoms with Crippen LogP contribution in [-0.4, -0.2) is 18.9 Å². The Morgan fingerprint density at radius 3 is 2.14 bits per heavy atom. The standard InChI is InChI=1S/C19H23NO/c1-2-3-15-20(18-12-8-5-9-13-18)16-14-19(21)17-10-6-4-7-11-17/h4-13H,2-3,14-16H2,1H3. The summed E-state index contributed by atoms with van der Waals surface area (Å²) < 4.78 is 0. The number of benzene rings is 2. The quantitative estimate of drug-likeness (QED) is 0.661. The molecule has 0 bridgehead atoms. The van der Waals surface area contributed by atoms with Crippen LogP contribution in [0, 0.1) is 0 Å². The summed E-state index contributed by atoms with van der Waals surface area (Å²) >= 11 is 0. The van der Waals surface area contributed by atoms with Crippen LogP contribution < -0.4 is 4.90 Å². The number of nitrogens with zero attached hydrogens (tertiary/aromatic N) is 1. The maximum atomic E-state index is 12.2. The van der Waals surface area contributed by atoms with Crippen LogP contribution in [0.25, 0.3) is 0 Å². The van der Waals surface area contributed by atoms with Crippen molar-refractivity contribution < 1.29 is 4.79 Å². The van der Waals surface area contributed by atoms with Gasteiger partial charge in [0.05, 0.1) is 0 Å². The summed E-state index contributed by atoms with van der Waals surface area (Å²) in [5, 5.41) is 0. The van der Waals surface area contributed by atoms with Crippen molar-refractivity contribution >= 4 is 11.5 Å². The molecule has 2 aromatic carbocycles. The lowest BCUT2D eigenvalue weighted by molar-refractivity contribution is 0.0984. The lowest BCUT2D eigenvalue weighted by atomic mass is 10.1. The molecule has 0 aromatic heterocycles. The van der Waals surface area contributed by atoms with Crippen molar-refractivity contribution in [2.45, 2.75) is 26.2 Å². The van der Waals surface area contributed by atoms with Crippen molar-refractivity contribution in [3.8, 4) is 0 Å². The van der Waals surface area contributed by atoms with Crippen molar-refractivity contribution in [3.05, 3.63) is 66.2 Å². The van der Waals surface area contributed by atoms with E-state index >= 15 is 0 Å². The molecule has 0 fully saturated rings. The number of para-hydroxylation sites is 1. The second kappa shape index (κ2) is 8.25. The van der Waals surface area contributed by atoms with Gasteiger partial charge in [-0.1, -0.05) is 61.9 Å². The highest BCUT2D eigenvalue weighted by molar-refractivity contribution is 5.96. The molecule has 0 saturated heterocycles. The molecule has 110 valence electrons. The molecule has 0 spiro atoms. The summed E-state index contributed by atoms with van der Waals surface area (Å²) in [5.41, 5.74) is 2.01. The fourth-order valence-electron chi connectivity index (χ4n) is 2.36. The largest absolute Gasteiger partial charge is 0.371 e. The van der Waals surface area contributed by atoms with Crippen molar-refractivity contribution in [2.24, 2.45) is 0 Å². The first-order valence-electron chi connectivity index (χ1n) is 7.69. The van der Waals surface area contributed by atoms with Crippen molar-refractivity contribution in [1.82, 2.24) is 0 Å². The van der Waals surface area contributed by atoms with Gasteiger partial charge in [-0.2, -0.15) is 0 Å². The Bertz CT molecular complexity index is 536.